The molecule has 0 aliphatic rings. The van der Waals surface area contributed by atoms with E-state index in [1.54, 1.807) is 11.8 Å². The second-order valence-electron chi connectivity index (χ2n) is 4.53. The predicted octanol–water partition coefficient (Wildman–Crippen LogP) is 5.10. The topological polar surface area (TPSA) is 26.0 Å². The average molecular weight is 300 g/mol. The summed E-state index contributed by atoms with van der Waals surface area (Å²) in [5.74, 6) is 0. The van der Waals surface area contributed by atoms with Crippen molar-refractivity contribution >= 4 is 34.1 Å². The van der Waals surface area contributed by atoms with Crippen LogP contribution in [-0.4, -0.2) is 0 Å². The largest absolute Gasteiger partial charge is 0.326 e. The van der Waals surface area contributed by atoms with Gasteiger partial charge in [0.05, 0.1) is 0 Å². The van der Waals surface area contributed by atoms with E-state index in [0.717, 1.165) is 9.92 Å². The Kier molecular flexibility index (Phi) is 3.97. The number of hydrogen-bond donors (Lipinski definition) is 1. The molecule has 0 saturated heterocycles. The van der Waals surface area contributed by atoms with Crippen molar-refractivity contribution in [1.82, 2.24) is 0 Å². The third kappa shape index (κ3) is 2.68. The number of halogens is 1. The maximum Gasteiger partial charge on any atom is 0.0417 e. The number of benzene rings is 3. The van der Waals surface area contributed by atoms with Gasteiger partial charge in [-0.1, -0.05) is 59.8 Å². The van der Waals surface area contributed by atoms with E-state index in [2.05, 4.69) is 42.5 Å². The van der Waals surface area contributed by atoms with Crippen LogP contribution in [0.25, 0.3) is 10.8 Å². The lowest BCUT2D eigenvalue weighted by Gasteiger charge is -2.10. The Hall–Kier alpha value is -1.48. The molecule has 0 bridgehead atoms. The van der Waals surface area contributed by atoms with Crippen molar-refractivity contribution in [3.63, 3.8) is 0 Å². The van der Waals surface area contributed by atoms with Gasteiger partial charge in [0.2, 0.25) is 0 Å². The number of fused-ring (bicyclic) bond motifs is 1. The van der Waals surface area contributed by atoms with Crippen LogP contribution < -0.4 is 5.73 Å². The van der Waals surface area contributed by atoms with Gasteiger partial charge in [-0.3, -0.25) is 0 Å². The molecule has 100 valence electrons. The zero-order valence-corrected chi connectivity index (χ0v) is 12.4. The van der Waals surface area contributed by atoms with E-state index in [0.29, 0.717) is 6.54 Å². The van der Waals surface area contributed by atoms with Crippen molar-refractivity contribution in [1.29, 1.82) is 0 Å². The van der Waals surface area contributed by atoms with Crippen LogP contribution in [0.1, 0.15) is 5.56 Å². The molecule has 3 aromatic rings. The first-order valence-electron chi connectivity index (χ1n) is 6.42. The maximum atomic E-state index is 6.05. The van der Waals surface area contributed by atoms with E-state index in [1.165, 1.54) is 21.2 Å². The Morgan fingerprint density at radius 3 is 2.45 bits per heavy atom. The molecular weight excluding hydrogens is 286 g/mol. The highest BCUT2D eigenvalue weighted by molar-refractivity contribution is 7.99. The van der Waals surface area contributed by atoms with Crippen LogP contribution in [0, 0.1) is 0 Å². The average Bonchev–Trinajstić information content (AvgIpc) is 2.48. The van der Waals surface area contributed by atoms with Crippen LogP contribution >= 0.6 is 23.4 Å². The summed E-state index contributed by atoms with van der Waals surface area (Å²) in [5.41, 5.74) is 6.99. The van der Waals surface area contributed by atoms with Crippen LogP contribution in [0.4, 0.5) is 0 Å². The standard InChI is InChI=1S/C17H14ClNS/c18-13-4-3-5-14(10-13)20-17-9-8-12(11-19)15-6-1-2-7-16(15)17/h1-10H,11,19H2. The second-order valence-corrected chi connectivity index (χ2v) is 6.08. The summed E-state index contributed by atoms with van der Waals surface area (Å²) in [4.78, 5) is 2.36. The highest BCUT2D eigenvalue weighted by Gasteiger charge is 2.06. The number of rotatable bonds is 3. The molecule has 0 aliphatic heterocycles. The fraction of sp³-hybridized carbons (Fsp3) is 0.0588. The summed E-state index contributed by atoms with van der Waals surface area (Å²) >= 11 is 7.77. The minimum Gasteiger partial charge on any atom is -0.326 e. The third-order valence-electron chi connectivity index (χ3n) is 3.22. The van der Waals surface area contributed by atoms with Crippen LogP contribution in [0.5, 0.6) is 0 Å². The summed E-state index contributed by atoms with van der Waals surface area (Å²) in [6.07, 6.45) is 0. The van der Waals surface area contributed by atoms with Crippen molar-refractivity contribution < 1.29 is 0 Å². The Bertz CT molecular complexity index is 755. The van der Waals surface area contributed by atoms with E-state index >= 15 is 0 Å². The van der Waals surface area contributed by atoms with E-state index in [4.69, 9.17) is 17.3 Å². The molecule has 3 rings (SSSR count). The summed E-state index contributed by atoms with van der Waals surface area (Å²) in [6, 6.07) is 20.5. The number of nitrogens with two attached hydrogens (primary N) is 1. The lowest BCUT2D eigenvalue weighted by atomic mass is 10.0. The fourth-order valence-corrected chi connectivity index (χ4v) is 3.52. The van der Waals surface area contributed by atoms with E-state index in [9.17, 15) is 0 Å². The van der Waals surface area contributed by atoms with Gasteiger partial charge in [0.25, 0.3) is 0 Å². The SMILES string of the molecule is NCc1ccc(Sc2cccc(Cl)c2)c2ccccc12. The molecule has 0 aliphatic carbocycles. The molecular formula is C17H14ClNS. The lowest BCUT2D eigenvalue weighted by Crippen LogP contribution is -1.97. The van der Waals surface area contributed by atoms with Gasteiger partial charge in [-0.05, 0) is 40.6 Å². The summed E-state index contributed by atoms with van der Waals surface area (Å²) in [5, 5.41) is 3.22. The molecule has 0 heterocycles. The number of hydrogen-bond acceptors (Lipinski definition) is 2. The Labute approximate surface area is 127 Å². The molecule has 0 unspecified atom stereocenters. The molecule has 0 fully saturated rings. The zero-order valence-electron chi connectivity index (χ0n) is 10.8. The van der Waals surface area contributed by atoms with E-state index < -0.39 is 0 Å². The third-order valence-corrected chi connectivity index (χ3v) is 4.52. The van der Waals surface area contributed by atoms with Crippen LogP contribution in [0.15, 0.2) is 70.5 Å². The first-order valence-corrected chi connectivity index (χ1v) is 7.61. The van der Waals surface area contributed by atoms with Gasteiger partial charge in [0, 0.05) is 21.4 Å². The lowest BCUT2D eigenvalue weighted by molar-refractivity contribution is 1.08. The smallest absolute Gasteiger partial charge is 0.0417 e. The van der Waals surface area contributed by atoms with E-state index in [1.807, 2.05) is 18.2 Å². The molecule has 20 heavy (non-hydrogen) atoms. The van der Waals surface area contributed by atoms with Gasteiger partial charge in [-0.15, -0.1) is 0 Å². The van der Waals surface area contributed by atoms with Crippen molar-refractivity contribution in [3.05, 3.63) is 71.2 Å². The quantitative estimate of drug-likeness (QED) is 0.728. The van der Waals surface area contributed by atoms with Crippen molar-refractivity contribution in [2.45, 2.75) is 16.3 Å². The van der Waals surface area contributed by atoms with Crippen molar-refractivity contribution in [2.24, 2.45) is 5.73 Å². The van der Waals surface area contributed by atoms with Gasteiger partial charge >= 0.3 is 0 Å². The molecule has 0 saturated carbocycles. The monoisotopic (exact) mass is 299 g/mol. The molecule has 2 N–H and O–H groups in total. The Balaban J connectivity index is 2.08. The molecule has 1 nitrogen and oxygen atoms in total. The van der Waals surface area contributed by atoms with Crippen LogP contribution in [0.2, 0.25) is 5.02 Å². The molecule has 0 aromatic heterocycles. The van der Waals surface area contributed by atoms with Gasteiger partial charge in [-0.25, -0.2) is 0 Å². The minimum atomic E-state index is 0.558. The Morgan fingerprint density at radius 1 is 0.900 bits per heavy atom. The summed E-state index contributed by atoms with van der Waals surface area (Å²) in [6.45, 7) is 0.558. The zero-order chi connectivity index (χ0) is 13.9. The molecule has 0 spiro atoms. The summed E-state index contributed by atoms with van der Waals surface area (Å²) in [7, 11) is 0. The molecule has 0 radical (unpaired) electrons. The van der Waals surface area contributed by atoms with Crippen molar-refractivity contribution in [2.75, 3.05) is 0 Å². The highest BCUT2D eigenvalue weighted by Crippen LogP contribution is 2.35. The van der Waals surface area contributed by atoms with Crippen LogP contribution in [-0.2, 0) is 6.54 Å². The minimum absolute atomic E-state index is 0.558. The van der Waals surface area contributed by atoms with Crippen LogP contribution in [0.3, 0.4) is 0 Å². The van der Waals surface area contributed by atoms with Gasteiger partial charge in [0.1, 0.15) is 0 Å². The first kappa shape index (κ1) is 13.5. The summed E-state index contributed by atoms with van der Waals surface area (Å²) < 4.78 is 0. The Morgan fingerprint density at radius 2 is 1.70 bits per heavy atom. The van der Waals surface area contributed by atoms with Gasteiger partial charge in [0.15, 0.2) is 0 Å². The fourth-order valence-electron chi connectivity index (χ4n) is 2.26. The molecule has 0 amide bonds. The molecule has 3 aromatic carbocycles. The predicted molar refractivity (Wildman–Crippen MR) is 87.4 cm³/mol. The highest BCUT2D eigenvalue weighted by atomic mass is 35.5. The van der Waals surface area contributed by atoms with Gasteiger partial charge < -0.3 is 5.73 Å². The van der Waals surface area contributed by atoms with Gasteiger partial charge in [-0.2, -0.15) is 0 Å². The molecule has 0 atom stereocenters. The molecule has 3 heteroatoms. The van der Waals surface area contributed by atoms with E-state index in [-0.39, 0.29) is 0 Å². The van der Waals surface area contributed by atoms with Crippen molar-refractivity contribution in [3.8, 4) is 0 Å². The first-order chi connectivity index (χ1) is 9.78. The second kappa shape index (κ2) is 5.88. The maximum absolute atomic E-state index is 6.05. The normalized spacial score (nSPS) is 10.9.